The van der Waals surface area contributed by atoms with Crippen molar-refractivity contribution in [3.63, 3.8) is 0 Å². The fraction of sp³-hybridized carbons (Fsp3) is 0.455. The zero-order valence-corrected chi connectivity index (χ0v) is 17.2. The minimum absolute atomic E-state index is 0.0264. The van der Waals surface area contributed by atoms with E-state index in [-0.39, 0.29) is 12.1 Å². The Morgan fingerprint density at radius 3 is 2.75 bits per heavy atom. The topological polar surface area (TPSA) is 41.0 Å². The lowest BCUT2D eigenvalue weighted by molar-refractivity contribution is 0.320. The van der Waals surface area contributed by atoms with Crippen LogP contribution in [-0.2, 0) is 0 Å². The predicted octanol–water partition coefficient (Wildman–Crippen LogP) is 4.28. The van der Waals surface area contributed by atoms with Gasteiger partial charge >= 0.3 is 0 Å². The number of methoxy groups -OCH3 is 1. The maximum Gasteiger partial charge on any atom is 0.160 e. The number of aromatic nitrogens is 1. The SMILES string of the molecule is COc1cc([C@H]2[C@@H](c3ccccn3)N=C3S[C@@H](C)CN32)ccc1N1CCCC1. The second-order valence-electron chi connectivity index (χ2n) is 7.76. The number of pyridine rings is 1. The molecule has 5 nitrogen and oxygen atoms in total. The van der Waals surface area contributed by atoms with Crippen LogP contribution in [0.4, 0.5) is 5.69 Å². The van der Waals surface area contributed by atoms with E-state index >= 15 is 0 Å². The van der Waals surface area contributed by atoms with Crippen LogP contribution in [0.25, 0.3) is 0 Å². The summed E-state index contributed by atoms with van der Waals surface area (Å²) in [7, 11) is 1.78. The zero-order chi connectivity index (χ0) is 19.1. The van der Waals surface area contributed by atoms with Crippen LogP contribution >= 0.6 is 11.8 Å². The van der Waals surface area contributed by atoms with Gasteiger partial charge < -0.3 is 14.5 Å². The number of anilines is 1. The van der Waals surface area contributed by atoms with Crippen LogP contribution in [0.1, 0.15) is 43.1 Å². The number of fused-ring (bicyclic) bond motifs is 1. The molecule has 0 unspecified atom stereocenters. The average molecular weight is 395 g/mol. The van der Waals surface area contributed by atoms with E-state index in [1.54, 1.807) is 7.11 Å². The Bertz CT molecular complexity index is 881. The Morgan fingerprint density at radius 2 is 2.00 bits per heavy atom. The lowest BCUT2D eigenvalue weighted by Gasteiger charge is -2.29. The van der Waals surface area contributed by atoms with Crippen LogP contribution < -0.4 is 9.64 Å². The van der Waals surface area contributed by atoms with Crippen molar-refractivity contribution < 1.29 is 4.74 Å². The van der Waals surface area contributed by atoms with Gasteiger partial charge in [0.2, 0.25) is 0 Å². The molecule has 5 rings (SSSR count). The summed E-state index contributed by atoms with van der Waals surface area (Å²) in [6.07, 6.45) is 4.38. The van der Waals surface area contributed by atoms with Gasteiger partial charge in [0.15, 0.2) is 5.17 Å². The molecule has 2 aromatic rings. The predicted molar refractivity (Wildman–Crippen MR) is 115 cm³/mol. The fourth-order valence-electron chi connectivity index (χ4n) is 4.58. The molecular weight excluding hydrogens is 368 g/mol. The van der Waals surface area contributed by atoms with Crippen LogP contribution in [0.3, 0.4) is 0 Å². The van der Waals surface area contributed by atoms with Gasteiger partial charge in [-0.05, 0) is 42.7 Å². The van der Waals surface area contributed by atoms with Crippen molar-refractivity contribution in [2.75, 3.05) is 31.6 Å². The lowest BCUT2D eigenvalue weighted by atomic mass is 9.95. The Balaban J connectivity index is 1.54. The van der Waals surface area contributed by atoms with Crippen molar-refractivity contribution in [3.05, 3.63) is 53.9 Å². The van der Waals surface area contributed by atoms with Gasteiger partial charge in [-0.3, -0.25) is 9.98 Å². The molecule has 0 amide bonds. The number of hydrogen-bond acceptors (Lipinski definition) is 6. The molecule has 0 aliphatic carbocycles. The number of aliphatic imine (C=N–C) groups is 1. The van der Waals surface area contributed by atoms with E-state index in [1.807, 2.05) is 24.0 Å². The maximum absolute atomic E-state index is 5.81. The van der Waals surface area contributed by atoms with E-state index in [0.717, 1.165) is 36.2 Å². The van der Waals surface area contributed by atoms with Gasteiger partial charge in [-0.1, -0.05) is 30.8 Å². The molecule has 4 heterocycles. The molecule has 3 aliphatic rings. The Hall–Kier alpha value is -2.21. The Kier molecular flexibility index (Phi) is 4.67. The number of amidine groups is 1. The molecule has 0 bridgehead atoms. The molecule has 1 aromatic carbocycles. The average Bonchev–Trinajstić information content (AvgIpc) is 3.44. The van der Waals surface area contributed by atoms with Crippen LogP contribution in [0.5, 0.6) is 5.75 Å². The van der Waals surface area contributed by atoms with Crippen molar-refractivity contribution in [1.82, 2.24) is 9.88 Å². The van der Waals surface area contributed by atoms with Crippen LogP contribution in [-0.4, -0.2) is 47.0 Å². The number of thioether (sulfide) groups is 1. The number of rotatable bonds is 4. The largest absolute Gasteiger partial charge is 0.495 e. The third kappa shape index (κ3) is 3.04. The molecule has 0 spiro atoms. The summed E-state index contributed by atoms with van der Waals surface area (Å²) in [6.45, 7) is 5.52. The minimum Gasteiger partial charge on any atom is -0.495 e. The second kappa shape index (κ2) is 7.32. The molecule has 2 saturated heterocycles. The van der Waals surface area contributed by atoms with Crippen molar-refractivity contribution in [1.29, 1.82) is 0 Å². The number of benzene rings is 1. The van der Waals surface area contributed by atoms with Gasteiger partial charge in [-0.2, -0.15) is 0 Å². The highest BCUT2D eigenvalue weighted by atomic mass is 32.2. The zero-order valence-electron chi connectivity index (χ0n) is 16.4. The van der Waals surface area contributed by atoms with E-state index in [4.69, 9.17) is 9.73 Å². The monoisotopic (exact) mass is 394 g/mol. The molecule has 3 aliphatic heterocycles. The highest BCUT2D eigenvalue weighted by molar-refractivity contribution is 8.14. The van der Waals surface area contributed by atoms with Gasteiger partial charge in [0, 0.05) is 31.1 Å². The van der Waals surface area contributed by atoms with Gasteiger partial charge in [0.25, 0.3) is 0 Å². The summed E-state index contributed by atoms with van der Waals surface area (Å²) >= 11 is 1.88. The Labute approximate surface area is 170 Å². The number of ether oxygens (including phenoxy) is 1. The molecule has 146 valence electrons. The highest BCUT2D eigenvalue weighted by Crippen LogP contribution is 2.48. The van der Waals surface area contributed by atoms with Gasteiger partial charge in [-0.15, -0.1) is 0 Å². The van der Waals surface area contributed by atoms with Crippen LogP contribution in [0.2, 0.25) is 0 Å². The summed E-state index contributed by atoms with van der Waals surface area (Å²) in [4.78, 5) is 14.6. The standard InChI is InChI=1S/C22H26N4OS/c1-15-14-26-21(20(24-22(26)28-15)17-7-3-4-10-23-17)16-8-9-18(19(13-16)27-2)25-11-5-6-12-25/h3-4,7-10,13,15,20-21H,5-6,11-12,14H2,1-2H3/t15-,20+,21-/m0/s1. The molecule has 28 heavy (non-hydrogen) atoms. The maximum atomic E-state index is 5.81. The van der Waals surface area contributed by atoms with Gasteiger partial charge in [0.1, 0.15) is 11.8 Å². The van der Waals surface area contributed by atoms with E-state index in [2.05, 4.69) is 52.0 Å². The first kappa shape index (κ1) is 17.9. The lowest BCUT2D eigenvalue weighted by Crippen LogP contribution is -2.28. The summed E-state index contributed by atoms with van der Waals surface area (Å²) in [5.74, 6) is 0.965. The van der Waals surface area contributed by atoms with Crippen molar-refractivity contribution >= 4 is 22.6 Å². The minimum atomic E-state index is 0.0264. The molecule has 0 radical (unpaired) electrons. The molecule has 1 aromatic heterocycles. The number of hydrogen-bond donors (Lipinski definition) is 0. The quantitative estimate of drug-likeness (QED) is 0.774. The van der Waals surface area contributed by atoms with E-state index < -0.39 is 0 Å². The first-order valence-corrected chi connectivity index (χ1v) is 11.0. The third-order valence-electron chi connectivity index (χ3n) is 5.87. The van der Waals surface area contributed by atoms with Crippen molar-refractivity contribution in [2.24, 2.45) is 4.99 Å². The van der Waals surface area contributed by atoms with E-state index in [1.165, 1.54) is 24.1 Å². The van der Waals surface area contributed by atoms with Gasteiger partial charge in [0.05, 0.1) is 24.5 Å². The summed E-state index contributed by atoms with van der Waals surface area (Å²) in [6, 6.07) is 13.0. The molecule has 0 saturated carbocycles. The Morgan fingerprint density at radius 1 is 1.14 bits per heavy atom. The van der Waals surface area contributed by atoms with E-state index in [9.17, 15) is 0 Å². The molecule has 0 N–H and O–H groups in total. The third-order valence-corrected chi connectivity index (χ3v) is 6.98. The first-order chi connectivity index (χ1) is 13.7. The van der Waals surface area contributed by atoms with Crippen molar-refractivity contribution in [2.45, 2.75) is 37.1 Å². The smallest absolute Gasteiger partial charge is 0.160 e. The molecule has 2 fully saturated rings. The summed E-state index contributed by atoms with van der Waals surface area (Å²) in [5, 5.41) is 1.72. The normalized spacial score (nSPS) is 26.5. The number of nitrogens with zero attached hydrogens (tertiary/aromatic N) is 4. The summed E-state index contributed by atoms with van der Waals surface area (Å²) < 4.78 is 5.81. The van der Waals surface area contributed by atoms with Gasteiger partial charge in [-0.25, -0.2) is 0 Å². The first-order valence-electron chi connectivity index (χ1n) is 10.1. The summed E-state index contributed by atoms with van der Waals surface area (Å²) in [5.41, 5.74) is 3.50. The van der Waals surface area contributed by atoms with Crippen LogP contribution in [0, 0.1) is 0 Å². The van der Waals surface area contributed by atoms with Crippen molar-refractivity contribution in [3.8, 4) is 5.75 Å². The molecule has 3 atom stereocenters. The molecule has 6 heteroatoms. The fourth-order valence-corrected chi connectivity index (χ4v) is 5.67. The van der Waals surface area contributed by atoms with E-state index in [0.29, 0.717) is 5.25 Å². The van der Waals surface area contributed by atoms with Crippen LogP contribution in [0.15, 0.2) is 47.6 Å². The highest BCUT2D eigenvalue weighted by Gasteiger charge is 2.43. The molecular formula is C22H26N4OS. The second-order valence-corrected chi connectivity index (χ2v) is 9.17.